The number of carbonyl (C=O) groups is 1. The number of ether oxygens (including phenoxy) is 2. The van der Waals surface area contributed by atoms with Gasteiger partial charge in [0.05, 0.1) is 28.6 Å². The molecule has 5 N–H and O–H groups in total. The van der Waals surface area contributed by atoms with Crippen molar-refractivity contribution in [2.75, 3.05) is 12.4 Å². The van der Waals surface area contributed by atoms with Gasteiger partial charge in [0.1, 0.15) is 30.5 Å². The van der Waals surface area contributed by atoms with Crippen LogP contribution in [-0.4, -0.2) is 99.6 Å². The molecule has 40 heavy (non-hydrogen) atoms. The fraction of sp³-hybridized carbons (Fsp3) is 0.963. The van der Waals surface area contributed by atoms with Gasteiger partial charge in [-0.2, -0.15) is 0 Å². The molecule has 232 valence electrons. The van der Waals surface area contributed by atoms with E-state index in [1.54, 1.807) is 0 Å². The van der Waals surface area contributed by atoms with Crippen molar-refractivity contribution in [2.24, 2.45) is 0 Å². The predicted octanol–water partition coefficient (Wildman–Crippen LogP) is -1.09. The summed E-state index contributed by atoms with van der Waals surface area (Å²) < 4.78 is 43.9. The molecule has 0 aromatic carbocycles. The summed E-state index contributed by atoms with van der Waals surface area (Å²) in [7, 11) is -4.88. The van der Waals surface area contributed by atoms with Gasteiger partial charge in [-0.25, -0.2) is 8.42 Å². The van der Waals surface area contributed by atoms with Gasteiger partial charge in [-0.1, -0.05) is 96.8 Å². The number of rotatable bonds is 22. The molecule has 1 saturated heterocycles. The molecule has 0 aromatic rings. The Bertz CT molecular complexity index is 755. The summed E-state index contributed by atoms with van der Waals surface area (Å²) >= 11 is 0. The van der Waals surface area contributed by atoms with E-state index in [0.29, 0.717) is 6.42 Å². The maximum Gasteiger partial charge on any atom is 1.00 e. The molecule has 2 unspecified atom stereocenters. The Morgan fingerprint density at radius 2 is 1.27 bits per heavy atom. The monoisotopic (exact) mass is 606 g/mol. The Balaban J connectivity index is 0.0000152. The number of esters is 1. The zero-order valence-corrected chi connectivity index (χ0v) is 27.2. The molecule has 11 nitrogen and oxygen atoms in total. The number of carbonyl (C=O) groups excluding carboxylic acids is 1. The van der Waals surface area contributed by atoms with Crippen LogP contribution in [0.25, 0.3) is 0 Å². The van der Waals surface area contributed by atoms with Crippen molar-refractivity contribution in [2.45, 2.75) is 152 Å². The summed E-state index contributed by atoms with van der Waals surface area (Å²) in [4.78, 5) is 12.4. The van der Waals surface area contributed by atoms with E-state index in [1.807, 2.05) is 0 Å². The van der Waals surface area contributed by atoms with E-state index in [1.165, 1.54) is 64.2 Å². The minimum absolute atomic E-state index is 0. The normalized spacial score (nSPS) is 24.7. The zero-order valence-electron chi connectivity index (χ0n) is 24.4. The standard InChI is InChI=1S/C27H52O11S.Na/c1-2-3-4-5-6-7-8-9-10-11-12-13-14-15-16-17-22(30)38-26(20(29)18-28)27-25(33)24(32)23(31)21(37-27)19-39(34,35)36;/h20-21,23-29,31-33H,2-19H2,1H3,(H,34,35,36);/q;+1/p-1/t20?,21-,23+,24+,25-,26?,27-;/m1./s1. The summed E-state index contributed by atoms with van der Waals surface area (Å²) in [6.45, 7) is 1.35. The second-order valence-electron chi connectivity index (χ2n) is 10.7. The zero-order chi connectivity index (χ0) is 29.3. The summed E-state index contributed by atoms with van der Waals surface area (Å²) in [6, 6.07) is 0. The van der Waals surface area contributed by atoms with E-state index in [4.69, 9.17) is 9.47 Å². The molecule has 1 fully saturated rings. The van der Waals surface area contributed by atoms with Crippen molar-refractivity contribution in [3.63, 3.8) is 0 Å². The summed E-state index contributed by atoms with van der Waals surface area (Å²) in [5.74, 6) is -1.93. The number of aliphatic hydroxyl groups excluding tert-OH is 5. The topological polar surface area (TPSA) is 194 Å². The van der Waals surface area contributed by atoms with Crippen LogP contribution >= 0.6 is 0 Å². The SMILES string of the molecule is CCCCCCCCCCCCCCCCCC(=O)OC(C(O)CO)[C@@H]1O[C@H](CS(=O)(=O)[O-])[C@H](O)[C@H](O)[C@H]1O.[Na+]. The first-order valence-corrected chi connectivity index (χ1v) is 16.2. The maximum atomic E-state index is 12.4. The van der Waals surface area contributed by atoms with Gasteiger partial charge in [-0.05, 0) is 6.42 Å². The molecule has 0 aromatic heterocycles. The quantitative estimate of drug-likeness (QED) is 0.0435. The van der Waals surface area contributed by atoms with Crippen molar-refractivity contribution in [1.82, 2.24) is 0 Å². The molecule has 13 heteroatoms. The Kier molecular flexibility index (Phi) is 22.7. The Labute approximate surface area is 262 Å². The molecule has 0 radical (unpaired) electrons. The minimum atomic E-state index is -4.88. The van der Waals surface area contributed by atoms with Gasteiger partial charge in [0, 0.05) is 6.42 Å². The largest absolute Gasteiger partial charge is 1.00 e. The minimum Gasteiger partial charge on any atom is -0.748 e. The van der Waals surface area contributed by atoms with Gasteiger partial charge in [0.2, 0.25) is 0 Å². The first-order valence-electron chi connectivity index (χ1n) is 14.6. The van der Waals surface area contributed by atoms with E-state index < -0.39 is 71.2 Å². The van der Waals surface area contributed by atoms with Crippen LogP contribution < -0.4 is 29.6 Å². The predicted molar refractivity (Wildman–Crippen MR) is 144 cm³/mol. The van der Waals surface area contributed by atoms with Crippen LogP contribution in [0.5, 0.6) is 0 Å². The van der Waals surface area contributed by atoms with E-state index in [-0.39, 0.29) is 36.0 Å². The van der Waals surface area contributed by atoms with E-state index in [2.05, 4.69) is 6.92 Å². The molecule has 7 atom stereocenters. The van der Waals surface area contributed by atoms with Gasteiger partial charge in [0.15, 0.2) is 6.10 Å². The number of hydrogen-bond donors (Lipinski definition) is 5. The molecule has 0 saturated carbocycles. The first-order chi connectivity index (χ1) is 18.5. The van der Waals surface area contributed by atoms with Crippen LogP contribution in [0.15, 0.2) is 0 Å². The van der Waals surface area contributed by atoms with Crippen LogP contribution in [0.4, 0.5) is 0 Å². The average Bonchev–Trinajstić information content (AvgIpc) is 2.88. The van der Waals surface area contributed by atoms with Gasteiger partial charge < -0.3 is 39.6 Å². The first kappa shape index (κ1) is 40.1. The molecule has 0 aliphatic carbocycles. The molecule has 1 heterocycles. The van der Waals surface area contributed by atoms with Gasteiger partial charge in [-0.3, -0.25) is 4.79 Å². The molecule has 1 rings (SSSR count). The average molecular weight is 607 g/mol. The smallest absolute Gasteiger partial charge is 0.748 e. The van der Waals surface area contributed by atoms with Crippen LogP contribution in [-0.2, 0) is 24.4 Å². The molecule has 0 bridgehead atoms. The van der Waals surface area contributed by atoms with Crippen LogP contribution in [0.1, 0.15) is 110 Å². The van der Waals surface area contributed by atoms with Crippen LogP contribution in [0.3, 0.4) is 0 Å². The number of aliphatic hydroxyl groups is 5. The third kappa shape index (κ3) is 16.7. The van der Waals surface area contributed by atoms with Gasteiger partial charge in [0.25, 0.3) is 0 Å². The van der Waals surface area contributed by atoms with Crippen molar-refractivity contribution in [1.29, 1.82) is 0 Å². The van der Waals surface area contributed by atoms with Crippen molar-refractivity contribution < 1.29 is 82.3 Å². The summed E-state index contributed by atoms with van der Waals surface area (Å²) in [5, 5.41) is 50.0. The fourth-order valence-corrected chi connectivity index (χ4v) is 5.59. The molecule has 0 spiro atoms. The number of hydrogen-bond acceptors (Lipinski definition) is 11. The third-order valence-corrected chi connectivity index (χ3v) is 8.00. The Morgan fingerprint density at radius 3 is 1.70 bits per heavy atom. The fourth-order valence-electron chi connectivity index (χ4n) is 4.91. The third-order valence-electron chi connectivity index (χ3n) is 7.26. The number of unbranched alkanes of at least 4 members (excludes halogenated alkanes) is 14. The Hall–Kier alpha value is 0.140. The van der Waals surface area contributed by atoms with E-state index in [9.17, 15) is 43.3 Å². The van der Waals surface area contributed by atoms with Crippen molar-refractivity contribution in [3.05, 3.63) is 0 Å². The molecular formula is C27H51NaO11S. The van der Waals surface area contributed by atoms with Crippen LogP contribution in [0.2, 0.25) is 0 Å². The van der Waals surface area contributed by atoms with Crippen molar-refractivity contribution in [3.8, 4) is 0 Å². The second-order valence-corrected chi connectivity index (χ2v) is 12.2. The van der Waals surface area contributed by atoms with E-state index in [0.717, 1.165) is 25.7 Å². The van der Waals surface area contributed by atoms with Gasteiger partial charge in [-0.15, -0.1) is 0 Å². The molecular weight excluding hydrogens is 555 g/mol. The molecule has 1 aliphatic heterocycles. The molecule has 1 aliphatic rings. The van der Waals surface area contributed by atoms with E-state index >= 15 is 0 Å². The summed E-state index contributed by atoms with van der Waals surface area (Å²) in [5.41, 5.74) is 0. The molecule has 0 amide bonds. The maximum absolute atomic E-state index is 12.4. The Morgan fingerprint density at radius 1 is 0.825 bits per heavy atom. The summed E-state index contributed by atoms with van der Waals surface area (Å²) in [6.07, 6.45) is 5.07. The van der Waals surface area contributed by atoms with Gasteiger partial charge >= 0.3 is 35.5 Å². The van der Waals surface area contributed by atoms with Crippen molar-refractivity contribution >= 4 is 16.1 Å². The second kappa shape index (κ2) is 22.6. The van der Waals surface area contributed by atoms with Crippen LogP contribution in [0, 0.1) is 0 Å².